The highest BCUT2D eigenvalue weighted by atomic mass is 19.1. The molecule has 2 aromatic rings. The van der Waals surface area contributed by atoms with E-state index in [2.05, 4.69) is 27.6 Å². The molecule has 4 rings (SSSR count). The van der Waals surface area contributed by atoms with Gasteiger partial charge in [-0.25, -0.2) is 4.98 Å². The Morgan fingerprint density at radius 3 is 2.63 bits per heavy atom. The number of alkyl halides is 1. The van der Waals surface area contributed by atoms with Crippen molar-refractivity contribution in [2.24, 2.45) is 15.4 Å². The third-order valence-corrected chi connectivity index (χ3v) is 5.01. The largest absolute Gasteiger partial charge is 0.477 e. The van der Waals surface area contributed by atoms with Crippen LogP contribution in [0.4, 0.5) is 4.39 Å². The Kier molecular flexibility index (Phi) is 5.51. The summed E-state index contributed by atoms with van der Waals surface area (Å²) in [5.41, 5.74) is 6.26. The zero-order valence-electron chi connectivity index (χ0n) is 15.3. The lowest BCUT2D eigenvalue weighted by Crippen LogP contribution is -2.14. The van der Waals surface area contributed by atoms with E-state index in [-0.39, 0.29) is 0 Å². The van der Waals surface area contributed by atoms with E-state index in [0.717, 1.165) is 53.8 Å². The molecule has 27 heavy (non-hydrogen) atoms. The Balaban J connectivity index is 1.92. The van der Waals surface area contributed by atoms with Gasteiger partial charge in [-0.3, -0.25) is 4.39 Å². The topological polar surface area (TPSA) is 59.2 Å². The average Bonchev–Trinajstić information content (AvgIpc) is 3.13. The van der Waals surface area contributed by atoms with Crippen LogP contribution in [0.3, 0.4) is 0 Å². The monoisotopic (exact) mass is 366 g/mol. The van der Waals surface area contributed by atoms with Crippen LogP contribution in [0.15, 0.2) is 45.8 Å². The van der Waals surface area contributed by atoms with Gasteiger partial charge in [0.15, 0.2) is 0 Å². The third kappa shape index (κ3) is 3.75. The summed E-state index contributed by atoms with van der Waals surface area (Å²) in [5.74, 6) is 0.536. The van der Waals surface area contributed by atoms with Crippen molar-refractivity contribution in [2.75, 3.05) is 19.8 Å². The summed E-state index contributed by atoms with van der Waals surface area (Å²) in [6, 6.07) is 10.3. The third-order valence-electron chi connectivity index (χ3n) is 5.01. The fourth-order valence-corrected chi connectivity index (χ4v) is 3.76. The number of pyridine rings is 1. The van der Waals surface area contributed by atoms with Gasteiger partial charge >= 0.3 is 0 Å². The second-order valence-electron chi connectivity index (χ2n) is 6.85. The van der Waals surface area contributed by atoms with Gasteiger partial charge < -0.3 is 4.74 Å². The molecule has 0 saturated carbocycles. The summed E-state index contributed by atoms with van der Waals surface area (Å²) in [5, 5.41) is 12.1. The Morgan fingerprint density at radius 2 is 1.85 bits per heavy atom. The molecule has 0 unspecified atom stereocenters. The molecule has 0 atom stereocenters. The first-order chi connectivity index (χ1) is 13.4. The average molecular weight is 366 g/mol. The molecule has 1 aliphatic carbocycles. The Hall–Kier alpha value is -2.63. The molecule has 0 radical (unpaired) electrons. The van der Waals surface area contributed by atoms with E-state index in [1.807, 2.05) is 18.2 Å². The Bertz CT molecular complexity index is 864. The molecule has 2 heterocycles. The molecule has 0 bridgehead atoms. The normalized spacial score (nSPS) is 16.0. The molecular formula is C21H23FN4O. The number of aryl methyl sites for hydroxylation is 1. The number of nitrogens with zero attached hydrogens (tertiary/aromatic N) is 4. The van der Waals surface area contributed by atoms with Gasteiger partial charge in [-0.1, -0.05) is 36.8 Å². The molecule has 140 valence electrons. The highest BCUT2D eigenvalue weighted by Crippen LogP contribution is 2.38. The summed E-state index contributed by atoms with van der Waals surface area (Å²) < 4.78 is 18.6. The Morgan fingerprint density at radius 1 is 1.00 bits per heavy atom. The number of aromatic nitrogens is 1. The minimum atomic E-state index is -0.405. The summed E-state index contributed by atoms with van der Waals surface area (Å²) in [4.78, 5) is 4.87. The number of halogens is 1. The lowest BCUT2D eigenvalue weighted by atomic mass is 9.89. The van der Waals surface area contributed by atoms with Crippen molar-refractivity contribution in [2.45, 2.75) is 38.5 Å². The highest BCUT2D eigenvalue weighted by Gasteiger charge is 2.27. The van der Waals surface area contributed by atoms with E-state index < -0.39 is 6.67 Å². The van der Waals surface area contributed by atoms with Crippen LogP contribution in [0.1, 0.15) is 42.5 Å². The van der Waals surface area contributed by atoms with Gasteiger partial charge in [0.05, 0.1) is 18.8 Å². The molecule has 6 heteroatoms. The van der Waals surface area contributed by atoms with Crippen molar-refractivity contribution in [1.29, 1.82) is 0 Å². The van der Waals surface area contributed by atoms with Crippen molar-refractivity contribution >= 4 is 5.71 Å². The predicted octanol–water partition coefficient (Wildman–Crippen LogP) is 4.93. The maximum absolute atomic E-state index is 12.6. The lowest BCUT2D eigenvalue weighted by Gasteiger charge is -2.20. The lowest BCUT2D eigenvalue weighted by molar-refractivity contribution is 0.279. The van der Waals surface area contributed by atoms with Crippen LogP contribution in [0.5, 0.6) is 5.88 Å². The standard InChI is InChI=1S/C21H23FN4O/c22-12-7-13-27-21-20(18-14-23-26-25-18)19(15-8-3-1-4-9-15)16-10-5-2-6-11-17(16)24-21/h1,3-4,8-9H,2,5-7,10-14H2. The fraction of sp³-hybridized carbons (Fsp3) is 0.429. The molecule has 1 aliphatic heterocycles. The molecule has 2 aliphatic rings. The first-order valence-corrected chi connectivity index (χ1v) is 9.62. The van der Waals surface area contributed by atoms with Gasteiger partial charge in [0, 0.05) is 17.7 Å². The maximum Gasteiger partial charge on any atom is 0.223 e. The number of fused-ring (bicyclic) bond motifs is 1. The molecular weight excluding hydrogens is 343 g/mol. The van der Waals surface area contributed by atoms with Crippen molar-refractivity contribution in [3.8, 4) is 17.0 Å². The van der Waals surface area contributed by atoms with Crippen LogP contribution in [-0.4, -0.2) is 30.5 Å². The van der Waals surface area contributed by atoms with Crippen LogP contribution >= 0.6 is 0 Å². The van der Waals surface area contributed by atoms with Gasteiger partial charge in [0.2, 0.25) is 5.88 Å². The summed E-state index contributed by atoms with van der Waals surface area (Å²) in [7, 11) is 0. The van der Waals surface area contributed by atoms with Crippen LogP contribution in [0.25, 0.3) is 11.1 Å². The number of hydrogen-bond acceptors (Lipinski definition) is 5. The maximum atomic E-state index is 12.6. The molecule has 0 spiro atoms. The van der Waals surface area contributed by atoms with Crippen LogP contribution < -0.4 is 4.74 Å². The predicted molar refractivity (Wildman–Crippen MR) is 103 cm³/mol. The molecule has 1 aromatic carbocycles. The molecule has 5 nitrogen and oxygen atoms in total. The van der Waals surface area contributed by atoms with Gasteiger partial charge in [0.1, 0.15) is 12.3 Å². The van der Waals surface area contributed by atoms with Gasteiger partial charge in [-0.15, -0.1) is 5.10 Å². The molecule has 0 N–H and O–H groups in total. The minimum absolute atomic E-state index is 0.297. The van der Waals surface area contributed by atoms with Crippen molar-refractivity contribution in [3.63, 3.8) is 0 Å². The molecule has 0 fully saturated rings. The first kappa shape index (κ1) is 17.8. The Labute approximate surface area is 158 Å². The number of rotatable bonds is 6. The summed E-state index contributed by atoms with van der Waals surface area (Å²) in [6.07, 6.45) is 5.76. The van der Waals surface area contributed by atoms with E-state index in [1.54, 1.807) is 0 Å². The second kappa shape index (κ2) is 8.37. The molecule has 1 aromatic heterocycles. The zero-order chi connectivity index (χ0) is 18.5. The molecule has 0 saturated heterocycles. The zero-order valence-corrected chi connectivity index (χ0v) is 15.3. The quantitative estimate of drug-likeness (QED) is 0.538. The van der Waals surface area contributed by atoms with Crippen LogP contribution in [-0.2, 0) is 12.8 Å². The smallest absolute Gasteiger partial charge is 0.223 e. The van der Waals surface area contributed by atoms with Crippen molar-refractivity contribution in [1.82, 2.24) is 4.98 Å². The van der Waals surface area contributed by atoms with E-state index in [4.69, 9.17) is 9.72 Å². The first-order valence-electron chi connectivity index (χ1n) is 9.62. The number of ether oxygens (including phenoxy) is 1. The van der Waals surface area contributed by atoms with Gasteiger partial charge in [-0.05, 0) is 42.0 Å². The van der Waals surface area contributed by atoms with Crippen LogP contribution in [0, 0.1) is 0 Å². The highest BCUT2D eigenvalue weighted by molar-refractivity contribution is 6.10. The minimum Gasteiger partial charge on any atom is -0.477 e. The number of benzene rings is 1. The molecule has 0 amide bonds. The SMILES string of the molecule is FCCCOc1nc2c(c(-c3ccccc3)c1C1=NN=NC1)CCCCC2. The van der Waals surface area contributed by atoms with Crippen molar-refractivity contribution < 1.29 is 9.13 Å². The van der Waals surface area contributed by atoms with Crippen LogP contribution in [0.2, 0.25) is 0 Å². The van der Waals surface area contributed by atoms with Gasteiger partial charge in [-0.2, -0.15) is 5.11 Å². The van der Waals surface area contributed by atoms with E-state index in [0.29, 0.717) is 25.5 Å². The summed E-state index contributed by atoms with van der Waals surface area (Å²) >= 11 is 0. The second-order valence-corrected chi connectivity index (χ2v) is 6.85. The van der Waals surface area contributed by atoms with E-state index in [1.165, 1.54) is 12.0 Å². The van der Waals surface area contributed by atoms with Gasteiger partial charge in [0.25, 0.3) is 0 Å². The fourth-order valence-electron chi connectivity index (χ4n) is 3.76. The number of hydrogen-bond donors (Lipinski definition) is 0. The summed E-state index contributed by atoms with van der Waals surface area (Å²) in [6.45, 7) is 0.308. The van der Waals surface area contributed by atoms with Crippen molar-refractivity contribution in [3.05, 3.63) is 47.2 Å². The van der Waals surface area contributed by atoms with E-state index >= 15 is 0 Å². The van der Waals surface area contributed by atoms with E-state index in [9.17, 15) is 4.39 Å².